The summed E-state index contributed by atoms with van der Waals surface area (Å²) in [5.74, 6) is -1.78. The molecule has 8 heteroatoms. The molecule has 1 atom stereocenters. The molecular formula is C17H17N3O5. The maximum atomic E-state index is 12.4. The summed E-state index contributed by atoms with van der Waals surface area (Å²) in [5.41, 5.74) is 6.32. The van der Waals surface area contributed by atoms with Crippen LogP contribution in [0.2, 0.25) is 0 Å². The molecular weight excluding hydrogens is 326 g/mol. The predicted octanol–water partition coefficient (Wildman–Crippen LogP) is 0.629. The van der Waals surface area contributed by atoms with E-state index >= 15 is 0 Å². The highest BCUT2D eigenvalue weighted by atomic mass is 16.5. The molecule has 1 aromatic carbocycles. The number of carbonyl (C=O) groups excluding carboxylic acids is 1. The molecule has 0 spiro atoms. The fraction of sp³-hybridized carbons (Fsp3) is 0.235. The summed E-state index contributed by atoms with van der Waals surface area (Å²) in [6, 6.07) is 7.27. The Morgan fingerprint density at radius 1 is 1.24 bits per heavy atom. The van der Waals surface area contributed by atoms with E-state index in [-0.39, 0.29) is 29.5 Å². The van der Waals surface area contributed by atoms with Crippen LogP contribution in [-0.4, -0.2) is 22.5 Å². The quantitative estimate of drug-likeness (QED) is 0.702. The van der Waals surface area contributed by atoms with Crippen molar-refractivity contribution in [1.82, 2.24) is 9.97 Å². The van der Waals surface area contributed by atoms with Crippen LogP contribution in [0.5, 0.6) is 5.88 Å². The van der Waals surface area contributed by atoms with Crippen molar-refractivity contribution in [1.29, 1.82) is 0 Å². The minimum atomic E-state index is -0.816. The van der Waals surface area contributed by atoms with Crippen LogP contribution in [0, 0.1) is 6.92 Å². The monoisotopic (exact) mass is 343 g/mol. The third-order valence-corrected chi connectivity index (χ3v) is 3.90. The van der Waals surface area contributed by atoms with Gasteiger partial charge in [-0.3, -0.25) is 14.8 Å². The van der Waals surface area contributed by atoms with Crippen LogP contribution in [-0.2, 0) is 9.53 Å². The second kappa shape index (κ2) is 6.31. The van der Waals surface area contributed by atoms with E-state index in [1.807, 2.05) is 19.1 Å². The first-order valence-corrected chi connectivity index (χ1v) is 7.70. The number of aryl methyl sites for hydroxylation is 1. The van der Waals surface area contributed by atoms with Gasteiger partial charge < -0.3 is 15.2 Å². The highest BCUT2D eigenvalue weighted by molar-refractivity contribution is 5.92. The Hall–Kier alpha value is -3.29. The number of ether oxygens (including phenoxy) is 2. The first-order chi connectivity index (χ1) is 11.9. The summed E-state index contributed by atoms with van der Waals surface area (Å²) in [5, 5.41) is 0. The van der Waals surface area contributed by atoms with Crippen LogP contribution >= 0.6 is 0 Å². The lowest BCUT2D eigenvalue weighted by atomic mass is 9.84. The maximum Gasteiger partial charge on any atom is 0.340 e. The van der Waals surface area contributed by atoms with Crippen molar-refractivity contribution < 1.29 is 14.3 Å². The van der Waals surface area contributed by atoms with E-state index in [2.05, 4.69) is 9.97 Å². The molecule has 0 amide bonds. The lowest BCUT2D eigenvalue weighted by Crippen LogP contribution is -2.35. The van der Waals surface area contributed by atoms with E-state index in [1.54, 1.807) is 19.1 Å². The topological polar surface area (TPSA) is 127 Å². The first kappa shape index (κ1) is 16.6. The van der Waals surface area contributed by atoms with Crippen LogP contribution in [0.1, 0.15) is 29.5 Å². The molecule has 2 heterocycles. The highest BCUT2D eigenvalue weighted by Gasteiger charge is 2.38. The molecule has 1 aromatic heterocycles. The lowest BCUT2D eigenvalue weighted by Gasteiger charge is -2.27. The smallest absolute Gasteiger partial charge is 0.340 e. The second-order valence-electron chi connectivity index (χ2n) is 5.60. The lowest BCUT2D eigenvalue weighted by molar-refractivity contribution is -0.139. The van der Waals surface area contributed by atoms with Crippen molar-refractivity contribution in [3.8, 4) is 5.88 Å². The van der Waals surface area contributed by atoms with Gasteiger partial charge in [0.2, 0.25) is 11.8 Å². The van der Waals surface area contributed by atoms with Crippen molar-refractivity contribution in [3.05, 3.63) is 73.3 Å². The molecule has 0 saturated heterocycles. The van der Waals surface area contributed by atoms with Gasteiger partial charge in [0.25, 0.3) is 5.56 Å². The Morgan fingerprint density at radius 2 is 1.92 bits per heavy atom. The molecule has 1 aliphatic heterocycles. The highest BCUT2D eigenvalue weighted by Crippen LogP contribution is 2.39. The number of benzene rings is 1. The summed E-state index contributed by atoms with van der Waals surface area (Å²) < 4.78 is 10.4. The van der Waals surface area contributed by atoms with E-state index in [4.69, 9.17) is 15.2 Å². The Morgan fingerprint density at radius 3 is 2.56 bits per heavy atom. The summed E-state index contributed by atoms with van der Waals surface area (Å²) >= 11 is 0. The molecule has 0 saturated carbocycles. The molecule has 1 aliphatic rings. The SMILES string of the molecule is CCOC(=O)C1=C(N)Oc2[nH]c(=O)[nH]c(=O)c2[C@H]1c1ccc(C)cc1. The molecule has 4 N–H and O–H groups in total. The average Bonchev–Trinajstić information content (AvgIpc) is 2.54. The number of rotatable bonds is 3. The molecule has 0 radical (unpaired) electrons. The molecule has 2 aromatic rings. The van der Waals surface area contributed by atoms with Crippen molar-refractivity contribution in [2.75, 3.05) is 6.61 Å². The molecule has 3 rings (SSSR count). The zero-order valence-corrected chi connectivity index (χ0v) is 13.7. The number of aromatic amines is 2. The summed E-state index contributed by atoms with van der Waals surface area (Å²) in [4.78, 5) is 40.9. The molecule has 25 heavy (non-hydrogen) atoms. The second-order valence-corrected chi connectivity index (χ2v) is 5.60. The summed E-state index contributed by atoms with van der Waals surface area (Å²) in [6.07, 6.45) is 0. The molecule has 0 unspecified atom stereocenters. The number of aromatic nitrogens is 2. The van der Waals surface area contributed by atoms with E-state index in [1.165, 1.54) is 0 Å². The fourth-order valence-corrected chi connectivity index (χ4v) is 2.79. The van der Waals surface area contributed by atoms with Crippen molar-refractivity contribution >= 4 is 5.97 Å². The zero-order valence-electron chi connectivity index (χ0n) is 13.7. The number of hydrogen-bond donors (Lipinski definition) is 3. The van der Waals surface area contributed by atoms with Gasteiger partial charge in [-0.25, -0.2) is 9.59 Å². The Balaban J connectivity index is 2.27. The zero-order chi connectivity index (χ0) is 18.1. The third-order valence-electron chi connectivity index (χ3n) is 3.90. The number of nitrogens with two attached hydrogens (primary N) is 1. The maximum absolute atomic E-state index is 12.4. The molecule has 0 fully saturated rings. The predicted molar refractivity (Wildman–Crippen MR) is 89.2 cm³/mol. The van der Waals surface area contributed by atoms with Crippen molar-refractivity contribution in [2.45, 2.75) is 19.8 Å². The van der Waals surface area contributed by atoms with Gasteiger partial charge in [-0.15, -0.1) is 0 Å². The average molecular weight is 343 g/mol. The van der Waals surface area contributed by atoms with Gasteiger partial charge in [0.1, 0.15) is 5.57 Å². The minimum Gasteiger partial charge on any atom is -0.462 e. The molecule has 0 bridgehead atoms. The number of carbonyl (C=O) groups is 1. The standard InChI is InChI=1S/C17H17N3O5/c1-3-24-16(22)11-10(9-6-4-8(2)5-7-9)12-14(21)19-17(23)20-15(12)25-13(11)18/h4-7,10H,3,18H2,1-2H3,(H2,19,20,21,23)/t10-/m0/s1. The Bertz CT molecular complexity index is 969. The van der Waals surface area contributed by atoms with Crippen LogP contribution in [0.4, 0.5) is 0 Å². The van der Waals surface area contributed by atoms with E-state index < -0.39 is 23.1 Å². The number of hydrogen-bond acceptors (Lipinski definition) is 6. The third kappa shape index (κ3) is 2.93. The largest absolute Gasteiger partial charge is 0.462 e. The van der Waals surface area contributed by atoms with Crippen LogP contribution in [0.15, 0.2) is 45.3 Å². The van der Waals surface area contributed by atoms with Gasteiger partial charge in [-0.05, 0) is 19.4 Å². The molecule has 8 nitrogen and oxygen atoms in total. The van der Waals surface area contributed by atoms with Crippen molar-refractivity contribution in [2.24, 2.45) is 5.73 Å². The van der Waals surface area contributed by atoms with E-state index in [0.29, 0.717) is 5.56 Å². The van der Waals surface area contributed by atoms with E-state index in [0.717, 1.165) is 5.56 Å². The number of H-pyrrole nitrogens is 2. The van der Waals surface area contributed by atoms with Crippen LogP contribution in [0.3, 0.4) is 0 Å². The van der Waals surface area contributed by atoms with Gasteiger partial charge in [0, 0.05) is 0 Å². The van der Waals surface area contributed by atoms with Gasteiger partial charge in [0.15, 0.2) is 0 Å². The first-order valence-electron chi connectivity index (χ1n) is 7.70. The molecule has 130 valence electrons. The van der Waals surface area contributed by atoms with Crippen LogP contribution in [0.25, 0.3) is 0 Å². The van der Waals surface area contributed by atoms with E-state index in [9.17, 15) is 14.4 Å². The van der Waals surface area contributed by atoms with Gasteiger partial charge in [-0.2, -0.15) is 0 Å². The molecule has 0 aliphatic carbocycles. The summed E-state index contributed by atoms with van der Waals surface area (Å²) in [7, 11) is 0. The number of esters is 1. The summed E-state index contributed by atoms with van der Waals surface area (Å²) in [6.45, 7) is 3.73. The van der Waals surface area contributed by atoms with Crippen LogP contribution < -0.4 is 21.7 Å². The van der Waals surface area contributed by atoms with Crippen molar-refractivity contribution in [3.63, 3.8) is 0 Å². The normalized spacial score (nSPS) is 16.2. The fourth-order valence-electron chi connectivity index (χ4n) is 2.79. The number of nitrogens with one attached hydrogen (secondary N) is 2. The minimum absolute atomic E-state index is 0.0238. The Labute approximate surface area is 142 Å². The van der Waals surface area contributed by atoms with Gasteiger partial charge in [0.05, 0.1) is 18.1 Å². The Kier molecular flexibility index (Phi) is 4.18. The number of fused-ring (bicyclic) bond motifs is 1. The van der Waals surface area contributed by atoms with Gasteiger partial charge >= 0.3 is 11.7 Å². The van der Waals surface area contributed by atoms with Gasteiger partial charge in [-0.1, -0.05) is 29.8 Å².